The van der Waals surface area contributed by atoms with Gasteiger partial charge in [-0.3, -0.25) is 9.69 Å². The van der Waals surface area contributed by atoms with Crippen molar-refractivity contribution in [2.24, 2.45) is 0 Å². The highest BCUT2D eigenvalue weighted by atomic mass is 35.5. The van der Waals surface area contributed by atoms with Gasteiger partial charge < -0.3 is 4.74 Å². The number of hydrogen-bond acceptors (Lipinski definition) is 4. The van der Waals surface area contributed by atoms with Gasteiger partial charge in [-0.25, -0.2) is 4.98 Å². The Kier molecular flexibility index (Phi) is 5.61. The maximum atomic E-state index is 13.4. The number of rotatable bonds is 4. The van der Waals surface area contributed by atoms with Crippen LogP contribution in [0.25, 0.3) is 10.2 Å². The van der Waals surface area contributed by atoms with Gasteiger partial charge in [-0.05, 0) is 56.0 Å². The summed E-state index contributed by atoms with van der Waals surface area (Å²) in [4.78, 5) is 19.9. The molecule has 1 aliphatic rings. The van der Waals surface area contributed by atoms with Crippen LogP contribution in [-0.2, 0) is 4.74 Å². The Balaban J connectivity index is 1.78. The van der Waals surface area contributed by atoms with Crippen LogP contribution in [0.15, 0.2) is 30.3 Å². The van der Waals surface area contributed by atoms with E-state index in [2.05, 4.69) is 19.1 Å². The fraction of sp³-hybridized carbons (Fsp3) is 0.333. The molecular formula is C21H20Cl2N2O2S. The highest BCUT2D eigenvalue weighted by Crippen LogP contribution is 2.35. The third kappa shape index (κ3) is 3.77. The normalized spacial score (nSPS) is 16.6. The Morgan fingerprint density at radius 1 is 1.25 bits per heavy atom. The van der Waals surface area contributed by atoms with E-state index < -0.39 is 0 Å². The van der Waals surface area contributed by atoms with Crippen molar-refractivity contribution in [2.75, 3.05) is 18.1 Å². The average molecular weight is 435 g/mol. The van der Waals surface area contributed by atoms with Crippen LogP contribution in [0.1, 0.15) is 34.3 Å². The molecule has 0 radical (unpaired) electrons. The fourth-order valence-corrected chi connectivity index (χ4v) is 5.02. The van der Waals surface area contributed by atoms with Crippen molar-refractivity contribution in [3.63, 3.8) is 0 Å². The molecule has 146 valence electrons. The standard InChI is InChI=1S/C21H20Cl2N2O2S/c1-12-5-6-13(2)19-18(12)24-21(28-19)25(11-15-4-3-9-27-15)20(26)16-8-7-14(22)10-17(16)23/h5-8,10,15H,3-4,9,11H2,1-2H3. The van der Waals surface area contributed by atoms with Crippen molar-refractivity contribution < 1.29 is 9.53 Å². The van der Waals surface area contributed by atoms with Gasteiger partial charge in [0.05, 0.1) is 33.5 Å². The highest BCUT2D eigenvalue weighted by molar-refractivity contribution is 7.22. The maximum absolute atomic E-state index is 13.4. The van der Waals surface area contributed by atoms with Gasteiger partial charge in [0, 0.05) is 11.6 Å². The quantitative estimate of drug-likeness (QED) is 0.501. The molecule has 2 heterocycles. The predicted molar refractivity (Wildman–Crippen MR) is 116 cm³/mol. The number of fused-ring (bicyclic) bond motifs is 1. The van der Waals surface area contributed by atoms with Crippen LogP contribution in [0.5, 0.6) is 0 Å². The number of aryl methyl sites for hydroxylation is 2. The van der Waals surface area contributed by atoms with Gasteiger partial charge in [-0.2, -0.15) is 0 Å². The smallest absolute Gasteiger partial charge is 0.261 e. The molecule has 3 aromatic rings. The summed E-state index contributed by atoms with van der Waals surface area (Å²) < 4.78 is 6.89. The lowest BCUT2D eigenvalue weighted by molar-refractivity contribution is 0.0917. The summed E-state index contributed by atoms with van der Waals surface area (Å²) >= 11 is 13.9. The molecule has 0 bridgehead atoms. The molecule has 4 nitrogen and oxygen atoms in total. The number of amides is 1. The monoisotopic (exact) mass is 434 g/mol. The second-order valence-electron chi connectivity index (χ2n) is 7.05. The van der Waals surface area contributed by atoms with Gasteiger partial charge in [0.15, 0.2) is 5.13 Å². The Labute approximate surface area is 178 Å². The minimum atomic E-state index is -0.188. The summed E-state index contributed by atoms with van der Waals surface area (Å²) in [7, 11) is 0. The van der Waals surface area contributed by atoms with Crippen LogP contribution < -0.4 is 4.90 Å². The van der Waals surface area contributed by atoms with E-state index in [4.69, 9.17) is 32.9 Å². The number of anilines is 1. The molecule has 2 aromatic carbocycles. The Morgan fingerprint density at radius 3 is 2.71 bits per heavy atom. The van der Waals surface area contributed by atoms with Crippen molar-refractivity contribution in [3.05, 3.63) is 57.1 Å². The van der Waals surface area contributed by atoms with Crippen LogP contribution in [0.4, 0.5) is 5.13 Å². The molecule has 28 heavy (non-hydrogen) atoms. The second-order valence-corrected chi connectivity index (χ2v) is 8.87. The number of aromatic nitrogens is 1. The first-order chi connectivity index (χ1) is 13.4. The number of halogens is 2. The molecule has 0 saturated carbocycles. The van der Waals surface area contributed by atoms with Gasteiger partial charge in [0.1, 0.15) is 0 Å². The first-order valence-corrected chi connectivity index (χ1v) is 10.8. The van der Waals surface area contributed by atoms with Gasteiger partial charge in [-0.1, -0.05) is 46.7 Å². The second kappa shape index (κ2) is 7.99. The molecule has 1 amide bonds. The number of benzene rings is 2. The fourth-order valence-electron chi connectivity index (χ4n) is 3.41. The van der Waals surface area contributed by atoms with E-state index >= 15 is 0 Å². The maximum Gasteiger partial charge on any atom is 0.261 e. The predicted octanol–water partition coefficient (Wildman–Crippen LogP) is 6.05. The topological polar surface area (TPSA) is 42.4 Å². The van der Waals surface area contributed by atoms with E-state index in [1.165, 1.54) is 11.3 Å². The Hall–Kier alpha value is -1.66. The summed E-state index contributed by atoms with van der Waals surface area (Å²) in [6.45, 7) is 5.28. The van der Waals surface area contributed by atoms with Crippen molar-refractivity contribution in [1.29, 1.82) is 0 Å². The first-order valence-electron chi connectivity index (χ1n) is 9.19. The molecule has 1 fully saturated rings. The van der Waals surface area contributed by atoms with Crippen molar-refractivity contribution >= 4 is 55.8 Å². The van der Waals surface area contributed by atoms with Gasteiger partial charge in [-0.15, -0.1) is 0 Å². The number of thiazole rings is 1. The number of carbonyl (C=O) groups excluding carboxylic acids is 1. The van der Waals surface area contributed by atoms with Gasteiger partial charge >= 0.3 is 0 Å². The molecule has 0 aliphatic carbocycles. The van der Waals surface area contributed by atoms with E-state index in [1.54, 1.807) is 23.1 Å². The molecule has 0 spiro atoms. The van der Waals surface area contributed by atoms with E-state index in [-0.39, 0.29) is 12.0 Å². The molecular weight excluding hydrogens is 415 g/mol. The summed E-state index contributed by atoms with van der Waals surface area (Å²) in [6.07, 6.45) is 1.94. The van der Waals surface area contributed by atoms with Crippen molar-refractivity contribution in [3.8, 4) is 0 Å². The van der Waals surface area contributed by atoms with Crippen LogP contribution in [0.2, 0.25) is 10.0 Å². The lowest BCUT2D eigenvalue weighted by Crippen LogP contribution is -2.37. The van der Waals surface area contributed by atoms with E-state index in [1.807, 2.05) is 6.92 Å². The number of hydrogen-bond donors (Lipinski definition) is 0. The molecule has 1 aromatic heterocycles. The van der Waals surface area contributed by atoms with Crippen LogP contribution in [-0.4, -0.2) is 30.1 Å². The van der Waals surface area contributed by atoms with E-state index in [0.29, 0.717) is 27.3 Å². The Morgan fingerprint density at radius 2 is 2.04 bits per heavy atom. The zero-order valence-electron chi connectivity index (χ0n) is 15.7. The average Bonchev–Trinajstić information content (AvgIpc) is 3.32. The molecule has 1 aliphatic heterocycles. The molecule has 7 heteroatoms. The number of carbonyl (C=O) groups is 1. The minimum absolute atomic E-state index is 0.00392. The number of ether oxygens (including phenoxy) is 1. The molecule has 1 saturated heterocycles. The highest BCUT2D eigenvalue weighted by Gasteiger charge is 2.28. The lowest BCUT2D eigenvalue weighted by atomic mass is 10.1. The van der Waals surface area contributed by atoms with Gasteiger partial charge in [0.25, 0.3) is 5.91 Å². The summed E-state index contributed by atoms with van der Waals surface area (Å²) in [5.41, 5.74) is 3.60. The lowest BCUT2D eigenvalue weighted by Gasteiger charge is -2.23. The zero-order chi connectivity index (χ0) is 19.8. The SMILES string of the molecule is Cc1ccc(C)c2sc(N(CC3CCCO3)C(=O)c3ccc(Cl)cc3Cl)nc12. The minimum Gasteiger partial charge on any atom is -0.376 e. The van der Waals surface area contributed by atoms with E-state index in [0.717, 1.165) is 40.8 Å². The first kappa shape index (κ1) is 19.6. The molecule has 1 atom stereocenters. The molecule has 0 N–H and O–H groups in total. The largest absolute Gasteiger partial charge is 0.376 e. The molecule has 1 unspecified atom stereocenters. The molecule has 4 rings (SSSR count). The Bertz CT molecular complexity index is 1010. The van der Waals surface area contributed by atoms with Crippen LogP contribution >= 0.6 is 34.5 Å². The van der Waals surface area contributed by atoms with Gasteiger partial charge in [0.2, 0.25) is 0 Å². The van der Waals surface area contributed by atoms with Crippen molar-refractivity contribution in [1.82, 2.24) is 4.98 Å². The third-order valence-corrected chi connectivity index (χ3v) is 6.74. The van der Waals surface area contributed by atoms with E-state index in [9.17, 15) is 4.79 Å². The van der Waals surface area contributed by atoms with Crippen molar-refractivity contribution in [2.45, 2.75) is 32.8 Å². The summed E-state index contributed by atoms with van der Waals surface area (Å²) in [5.74, 6) is -0.188. The zero-order valence-corrected chi connectivity index (χ0v) is 18.0. The van der Waals surface area contributed by atoms with Crippen LogP contribution in [0.3, 0.4) is 0 Å². The van der Waals surface area contributed by atoms with Crippen LogP contribution in [0, 0.1) is 13.8 Å². The third-order valence-electron chi connectivity index (χ3n) is 4.98. The summed E-state index contributed by atoms with van der Waals surface area (Å²) in [6, 6.07) is 9.08. The number of nitrogens with zero attached hydrogens (tertiary/aromatic N) is 2. The summed E-state index contributed by atoms with van der Waals surface area (Å²) in [5, 5.41) is 1.50.